The number of nitrogens with zero attached hydrogens (tertiary/aromatic N) is 2. The number of anilines is 1. The van der Waals surface area contributed by atoms with E-state index in [1.165, 1.54) is 6.07 Å². The van der Waals surface area contributed by atoms with Crippen LogP contribution in [-0.2, 0) is 18.3 Å². The van der Waals surface area contributed by atoms with E-state index in [2.05, 4.69) is 20.6 Å². The molecule has 0 spiro atoms. The van der Waals surface area contributed by atoms with Crippen LogP contribution in [-0.4, -0.2) is 44.6 Å². The van der Waals surface area contributed by atoms with E-state index in [9.17, 15) is 14.4 Å². The maximum absolute atomic E-state index is 12.2. The molecule has 4 N–H and O–H groups in total. The first kappa shape index (κ1) is 18.4. The smallest absolute Gasteiger partial charge is 0.271 e. The summed E-state index contributed by atoms with van der Waals surface area (Å²) in [6.07, 6.45) is 0.493. The highest BCUT2D eigenvalue weighted by Gasteiger charge is 2.20. The molecule has 25 heavy (non-hydrogen) atoms. The van der Waals surface area contributed by atoms with E-state index in [0.717, 1.165) is 0 Å². The van der Waals surface area contributed by atoms with Crippen molar-refractivity contribution in [3.63, 3.8) is 0 Å². The Morgan fingerprint density at radius 2 is 2.12 bits per heavy atom. The van der Waals surface area contributed by atoms with Gasteiger partial charge < -0.3 is 25.3 Å². The summed E-state index contributed by atoms with van der Waals surface area (Å²) in [5, 5.41) is 14.0. The zero-order valence-corrected chi connectivity index (χ0v) is 14.1. The topological polar surface area (TPSA) is 129 Å². The van der Waals surface area contributed by atoms with E-state index >= 15 is 0 Å². The van der Waals surface area contributed by atoms with Crippen molar-refractivity contribution < 1.29 is 14.7 Å². The van der Waals surface area contributed by atoms with Crippen LogP contribution < -0.4 is 16.2 Å². The fourth-order valence-corrected chi connectivity index (χ4v) is 2.29. The van der Waals surface area contributed by atoms with E-state index < -0.39 is 5.91 Å². The van der Waals surface area contributed by atoms with Gasteiger partial charge in [-0.3, -0.25) is 14.4 Å². The second-order valence-electron chi connectivity index (χ2n) is 5.48. The molecule has 0 saturated heterocycles. The van der Waals surface area contributed by atoms with Crippen molar-refractivity contribution in [3.05, 3.63) is 45.8 Å². The SMILES string of the molecule is Cc1nc(NC(=O)CCc2cccc(=O)[nH]2)c(C(=O)NCCO)n1C. The summed E-state index contributed by atoms with van der Waals surface area (Å²) in [5.41, 5.74) is 0.647. The zero-order valence-electron chi connectivity index (χ0n) is 14.1. The first-order chi connectivity index (χ1) is 11.9. The summed E-state index contributed by atoms with van der Waals surface area (Å²) in [6.45, 7) is 1.64. The number of hydrogen-bond acceptors (Lipinski definition) is 5. The third-order valence-corrected chi connectivity index (χ3v) is 3.64. The Morgan fingerprint density at radius 1 is 1.36 bits per heavy atom. The highest BCUT2D eigenvalue weighted by Crippen LogP contribution is 2.16. The van der Waals surface area contributed by atoms with Gasteiger partial charge in [-0.25, -0.2) is 4.98 Å². The number of hydrogen-bond donors (Lipinski definition) is 4. The number of rotatable bonds is 7. The molecule has 0 saturated carbocycles. The first-order valence-electron chi connectivity index (χ1n) is 7.82. The summed E-state index contributed by atoms with van der Waals surface area (Å²) < 4.78 is 1.57. The van der Waals surface area contributed by atoms with E-state index in [0.29, 0.717) is 17.9 Å². The van der Waals surface area contributed by atoms with Crippen LogP contribution in [0, 0.1) is 6.92 Å². The Balaban J connectivity index is 2.06. The van der Waals surface area contributed by atoms with Crippen LogP contribution in [0.25, 0.3) is 0 Å². The van der Waals surface area contributed by atoms with Gasteiger partial charge in [0.25, 0.3) is 5.91 Å². The molecule has 2 rings (SSSR count). The van der Waals surface area contributed by atoms with Gasteiger partial charge in [0.15, 0.2) is 11.5 Å². The number of imidazole rings is 1. The second-order valence-corrected chi connectivity index (χ2v) is 5.48. The molecule has 134 valence electrons. The Morgan fingerprint density at radius 3 is 2.80 bits per heavy atom. The molecule has 0 aromatic carbocycles. The molecule has 9 heteroatoms. The summed E-state index contributed by atoms with van der Waals surface area (Å²) >= 11 is 0. The minimum absolute atomic E-state index is 0.109. The molecule has 0 radical (unpaired) electrons. The number of amides is 2. The highest BCUT2D eigenvalue weighted by atomic mass is 16.3. The van der Waals surface area contributed by atoms with Gasteiger partial charge in [-0.2, -0.15) is 0 Å². The molecule has 2 amide bonds. The molecule has 9 nitrogen and oxygen atoms in total. The highest BCUT2D eigenvalue weighted by molar-refractivity contribution is 6.01. The van der Waals surface area contributed by atoms with Crippen molar-refractivity contribution in [2.45, 2.75) is 19.8 Å². The van der Waals surface area contributed by atoms with Gasteiger partial charge in [-0.05, 0) is 19.4 Å². The van der Waals surface area contributed by atoms with E-state index in [1.54, 1.807) is 30.7 Å². The average molecular weight is 347 g/mol. The van der Waals surface area contributed by atoms with Crippen molar-refractivity contribution in [1.29, 1.82) is 0 Å². The summed E-state index contributed by atoms with van der Waals surface area (Å²) in [4.78, 5) is 42.4. The number of pyridine rings is 1. The quantitative estimate of drug-likeness (QED) is 0.547. The first-order valence-corrected chi connectivity index (χ1v) is 7.82. The van der Waals surface area contributed by atoms with Gasteiger partial charge in [0.2, 0.25) is 11.5 Å². The van der Waals surface area contributed by atoms with E-state index in [1.807, 2.05) is 0 Å². The average Bonchev–Trinajstić information content (AvgIpc) is 2.85. The largest absolute Gasteiger partial charge is 0.395 e. The van der Waals surface area contributed by atoms with E-state index in [4.69, 9.17) is 5.11 Å². The third-order valence-electron chi connectivity index (χ3n) is 3.64. The molecule has 0 aliphatic rings. The molecule has 0 aliphatic heterocycles. The van der Waals surface area contributed by atoms with Crippen LogP contribution in [0.1, 0.15) is 28.4 Å². The number of carbonyl (C=O) groups excluding carboxylic acids is 2. The monoisotopic (exact) mass is 347 g/mol. The minimum atomic E-state index is -0.431. The van der Waals surface area contributed by atoms with Gasteiger partial charge in [0.05, 0.1) is 6.61 Å². The third kappa shape index (κ3) is 4.77. The lowest BCUT2D eigenvalue weighted by Crippen LogP contribution is -2.29. The number of aliphatic hydroxyl groups excluding tert-OH is 1. The molecular weight excluding hydrogens is 326 g/mol. The molecule has 0 unspecified atom stereocenters. The van der Waals surface area contributed by atoms with Crippen molar-refractivity contribution in [2.75, 3.05) is 18.5 Å². The molecule has 0 fully saturated rings. The van der Waals surface area contributed by atoms with Crippen LogP contribution in [0.3, 0.4) is 0 Å². The number of aliphatic hydroxyl groups is 1. The van der Waals surface area contributed by atoms with Crippen molar-refractivity contribution in [1.82, 2.24) is 19.9 Å². The number of aromatic amines is 1. The van der Waals surface area contributed by atoms with Crippen LogP contribution in [0.15, 0.2) is 23.0 Å². The van der Waals surface area contributed by atoms with Crippen molar-refractivity contribution in [2.24, 2.45) is 7.05 Å². The number of nitrogens with one attached hydrogen (secondary N) is 3. The lowest BCUT2D eigenvalue weighted by molar-refractivity contribution is -0.116. The Labute approximate surface area is 144 Å². The van der Waals surface area contributed by atoms with Crippen molar-refractivity contribution in [3.8, 4) is 0 Å². The zero-order chi connectivity index (χ0) is 18.4. The molecule has 0 bridgehead atoms. The van der Waals surface area contributed by atoms with Crippen LogP contribution in [0.5, 0.6) is 0 Å². The summed E-state index contributed by atoms with van der Waals surface area (Å²) in [5.74, 6) is -0.0160. The maximum Gasteiger partial charge on any atom is 0.271 e. The molecule has 0 aliphatic carbocycles. The van der Waals surface area contributed by atoms with Crippen LogP contribution >= 0.6 is 0 Å². The maximum atomic E-state index is 12.2. The fourth-order valence-electron chi connectivity index (χ4n) is 2.29. The second kappa shape index (κ2) is 8.25. The number of H-pyrrole nitrogens is 1. The Kier molecular flexibility index (Phi) is 6.07. The predicted octanol–water partition coefficient (Wildman–Crippen LogP) is -0.290. The van der Waals surface area contributed by atoms with Crippen molar-refractivity contribution >= 4 is 17.6 Å². The molecule has 0 atom stereocenters. The van der Waals surface area contributed by atoms with Gasteiger partial charge in [-0.1, -0.05) is 6.07 Å². The van der Waals surface area contributed by atoms with Crippen LogP contribution in [0.4, 0.5) is 5.82 Å². The predicted molar refractivity (Wildman–Crippen MR) is 91.4 cm³/mol. The minimum Gasteiger partial charge on any atom is -0.395 e. The van der Waals surface area contributed by atoms with Gasteiger partial charge >= 0.3 is 0 Å². The van der Waals surface area contributed by atoms with Gasteiger partial charge in [-0.15, -0.1) is 0 Å². The van der Waals surface area contributed by atoms with E-state index in [-0.39, 0.29) is 42.6 Å². The molecular formula is C16H21N5O4. The Hall–Kier alpha value is -2.94. The number of aromatic nitrogens is 3. The summed E-state index contributed by atoms with van der Waals surface area (Å²) in [6, 6.07) is 4.75. The standard InChI is InChI=1S/C16H21N5O4/c1-10-18-15(14(21(10)2)16(25)17-8-9-22)20-13(24)7-6-11-4-3-5-12(23)19-11/h3-5,22H,6-9H2,1-2H3,(H,17,25)(H,19,23)(H,20,24). The normalized spacial score (nSPS) is 10.5. The number of aryl methyl sites for hydroxylation is 2. The fraction of sp³-hybridized carbons (Fsp3) is 0.375. The van der Waals surface area contributed by atoms with Crippen LogP contribution in [0.2, 0.25) is 0 Å². The molecule has 2 aromatic heterocycles. The lowest BCUT2D eigenvalue weighted by atomic mass is 10.2. The number of carbonyl (C=O) groups is 2. The lowest BCUT2D eigenvalue weighted by Gasteiger charge is -2.08. The Bertz CT molecular complexity index is 824. The summed E-state index contributed by atoms with van der Waals surface area (Å²) in [7, 11) is 1.67. The molecule has 2 aromatic rings. The van der Waals surface area contributed by atoms with Gasteiger partial charge in [0.1, 0.15) is 5.82 Å². The molecule has 2 heterocycles. The van der Waals surface area contributed by atoms with Gasteiger partial charge in [0, 0.05) is 31.8 Å².